The first-order chi connectivity index (χ1) is 24.4. The largest absolute Gasteiger partial charge is 0.355 e. The molecule has 0 fully saturated rings. The maximum Gasteiger partial charge on any atom is 0.126 e. The molecule has 50 heavy (non-hydrogen) atoms. The fourth-order valence-corrected chi connectivity index (χ4v) is 5.74. The Balaban J connectivity index is 1.37. The molecule has 0 saturated heterocycles. The lowest BCUT2D eigenvalue weighted by Crippen LogP contribution is -2.08. The average molecular weight is 655 g/mol. The summed E-state index contributed by atoms with van der Waals surface area (Å²) in [5.74, 6) is 0. The Morgan fingerprint density at radius 3 is 1.34 bits per heavy atom. The van der Waals surface area contributed by atoms with E-state index < -0.39 is 0 Å². The van der Waals surface area contributed by atoms with Gasteiger partial charge in [0.2, 0.25) is 0 Å². The Hall–Kier alpha value is -6.68. The number of nitrogens with zero attached hydrogens (tertiary/aromatic N) is 8. The molecule has 1 aliphatic heterocycles. The van der Waals surface area contributed by atoms with Gasteiger partial charge in [0.15, 0.2) is 0 Å². The molecular weight excluding hydrogens is 621 g/mol. The summed E-state index contributed by atoms with van der Waals surface area (Å²) in [7, 11) is 0. The van der Waals surface area contributed by atoms with Gasteiger partial charge in [-0.2, -0.15) is 0 Å². The number of allylic oxidation sites excluding steroid dienone is 4. The van der Waals surface area contributed by atoms with E-state index in [9.17, 15) is 0 Å². The van der Waals surface area contributed by atoms with Crippen LogP contribution in [0.15, 0.2) is 175 Å². The van der Waals surface area contributed by atoms with Crippen LogP contribution in [0.5, 0.6) is 0 Å². The molecule has 1 aliphatic rings. The molecule has 2 aromatic heterocycles. The standard InChI is InChI=1S/C40H34N10/c1-25-39(49-47-33-21-9-19-31-29(33)13-11-23-41-31)26(2)44-37-17-7-8-18-38(37)46-28(4)40(27(3)45-36-16-6-5-15-35(36)43-25)50-48-34-22-10-20-32-30(34)14-12-24-42-32/h5-24,43,46H,1-4H3/b39-25+,40-28+,44-26?,45-27?,49-47?,50-48?. The Kier molecular flexibility index (Phi) is 9.06. The van der Waals surface area contributed by atoms with E-state index in [1.54, 1.807) is 12.4 Å². The van der Waals surface area contributed by atoms with Gasteiger partial charge in [0.25, 0.3) is 0 Å². The molecule has 6 aromatic rings. The molecule has 0 saturated carbocycles. The molecule has 0 bridgehead atoms. The molecule has 2 N–H and O–H groups in total. The van der Waals surface area contributed by atoms with Crippen LogP contribution >= 0.6 is 0 Å². The molecule has 3 heterocycles. The van der Waals surface area contributed by atoms with Crippen LogP contribution in [0.2, 0.25) is 0 Å². The van der Waals surface area contributed by atoms with E-state index in [-0.39, 0.29) is 0 Å². The molecule has 0 amide bonds. The summed E-state index contributed by atoms with van der Waals surface area (Å²) in [6.07, 6.45) is 3.54. The maximum atomic E-state index is 5.07. The Bertz CT molecular complexity index is 2250. The number of azo groups is 2. The monoisotopic (exact) mass is 654 g/mol. The minimum Gasteiger partial charge on any atom is -0.355 e. The summed E-state index contributed by atoms with van der Waals surface area (Å²) < 4.78 is 0. The Morgan fingerprint density at radius 2 is 0.880 bits per heavy atom. The summed E-state index contributed by atoms with van der Waals surface area (Å²) in [6.45, 7) is 7.79. The van der Waals surface area contributed by atoms with Gasteiger partial charge < -0.3 is 10.6 Å². The van der Waals surface area contributed by atoms with Crippen LogP contribution in [0.25, 0.3) is 21.8 Å². The summed E-state index contributed by atoms with van der Waals surface area (Å²) in [5.41, 5.74) is 10.2. The van der Waals surface area contributed by atoms with Gasteiger partial charge in [-0.05, 0) is 100 Å². The minimum absolute atomic E-state index is 0.597. The van der Waals surface area contributed by atoms with Gasteiger partial charge in [-0.3, -0.25) is 9.97 Å². The number of rotatable bonds is 4. The first kappa shape index (κ1) is 31.9. The molecular formula is C40H34N10. The van der Waals surface area contributed by atoms with E-state index in [1.165, 1.54) is 0 Å². The second-order valence-corrected chi connectivity index (χ2v) is 11.7. The van der Waals surface area contributed by atoms with Crippen LogP contribution in [0.3, 0.4) is 0 Å². The van der Waals surface area contributed by atoms with Crippen LogP contribution in [-0.4, -0.2) is 21.4 Å². The number of aliphatic imine (C=N–C) groups is 2. The number of pyridine rings is 2. The quantitative estimate of drug-likeness (QED) is 0.183. The molecule has 0 radical (unpaired) electrons. The van der Waals surface area contributed by atoms with Crippen molar-refractivity contribution in [2.75, 3.05) is 10.6 Å². The van der Waals surface area contributed by atoms with Crippen LogP contribution in [0, 0.1) is 0 Å². The van der Waals surface area contributed by atoms with Gasteiger partial charge in [-0.25, -0.2) is 9.98 Å². The SMILES string of the molecule is CC1=Nc2ccccc2N/C(C)=C(/N=Nc2cccc3ncccc23)C(C)=Nc2ccccc2N/C(C)=C\1N=Nc1cccc2ncccc12. The van der Waals surface area contributed by atoms with Crippen molar-refractivity contribution < 1.29 is 0 Å². The number of hydrogen-bond acceptors (Lipinski definition) is 10. The predicted octanol–water partition coefficient (Wildman–Crippen LogP) is 11.5. The first-order valence-corrected chi connectivity index (χ1v) is 16.2. The van der Waals surface area contributed by atoms with Gasteiger partial charge in [0.05, 0.1) is 56.6 Å². The predicted molar refractivity (Wildman–Crippen MR) is 204 cm³/mol. The third-order valence-electron chi connectivity index (χ3n) is 8.19. The normalized spacial score (nSPS) is 17.1. The van der Waals surface area contributed by atoms with Crippen molar-refractivity contribution in [3.63, 3.8) is 0 Å². The topological polar surface area (TPSA) is 124 Å². The van der Waals surface area contributed by atoms with Crippen molar-refractivity contribution in [2.24, 2.45) is 30.4 Å². The third kappa shape index (κ3) is 6.81. The smallest absolute Gasteiger partial charge is 0.126 e. The lowest BCUT2D eigenvalue weighted by molar-refractivity contribution is 1.13. The van der Waals surface area contributed by atoms with E-state index in [4.69, 9.17) is 30.4 Å². The van der Waals surface area contributed by atoms with Gasteiger partial charge in [0.1, 0.15) is 11.4 Å². The highest BCUT2D eigenvalue weighted by Crippen LogP contribution is 2.33. The van der Waals surface area contributed by atoms with Gasteiger partial charge in [-0.15, -0.1) is 20.5 Å². The average Bonchev–Trinajstić information content (AvgIpc) is 3.13. The Morgan fingerprint density at radius 1 is 0.440 bits per heavy atom. The maximum absolute atomic E-state index is 5.07. The van der Waals surface area contributed by atoms with E-state index in [1.807, 2.05) is 137 Å². The summed E-state index contributed by atoms with van der Waals surface area (Å²) in [4.78, 5) is 19.1. The lowest BCUT2D eigenvalue weighted by Gasteiger charge is -2.16. The van der Waals surface area contributed by atoms with E-state index in [0.717, 1.165) is 55.9 Å². The molecule has 10 nitrogen and oxygen atoms in total. The number of hydrogen-bond donors (Lipinski definition) is 2. The van der Waals surface area contributed by atoms with Crippen molar-refractivity contribution in [2.45, 2.75) is 27.7 Å². The number of anilines is 2. The fourth-order valence-electron chi connectivity index (χ4n) is 5.74. The Labute approximate surface area is 289 Å². The second kappa shape index (κ2) is 14.2. The van der Waals surface area contributed by atoms with E-state index >= 15 is 0 Å². The molecule has 0 aliphatic carbocycles. The number of benzene rings is 4. The second-order valence-electron chi connectivity index (χ2n) is 11.7. The molecule has 10 heteroatoms. The molecule has 0 spiro atoms. The van der Waals surface area contributed by atoms with Crippen molar-refractivity contribution in [3.8, 4) is 0 Å². The van der Waals surface area contributed by atoms with Gasteiger partial charge in [-0.1, -0.05) is 36.4 Å². The minimum atomic E-state index is 0.597. The van der Waals surface area contributed by atoms with E-state index in [0.29, 0.717) is 34.2 Å². The van der Waals surface area contributed by atoms with Crippen molar-refractivity contribution >= 4 is 67.4 Å². The fraction of sp³-hybridized carbons (Fsp3) is 0.100. The number of aromatic nitrogens is 2. The zero-order chi connectivity index (χ0) is 34.5. The first-order valence-electron chi connectivity index (χ1n) is 16.2. The lowest BCUT2D eigenvalue weighted by atomic mass is 10.1. The van der Waals surface area contributed by atoms with Crippen molar-refractivity contribution in [1.82, 2.24) is 9.97 Å². The summed E-state index contributed by atoms with van der Waals surface area (Å²) >= 11 is 0. The highest BCUT2D eigenvalue weighted by atomic mass is 15.1. The molecule has 244 valence electrons. The van der Waals surface area contributed by atoms with Crippen LogP contribution in [-0.2, 0) is 0 Å². The van der Waals surface area contributed by atoms with Gasteiger partial charge >= 0.3 is 0 Å². The molecule has 0 unspecified atom stereocenters. The third-order valence-corrected chi connectivity index (χ3v) is 8.19. The highest BCUT2D eigenvalue weighted by molar-refractivity contribution is 6.03. The molecule has 7 rings (SSSR count). The van der Waals surface area contributed by atoms with Crippen molar-refractivity contribution in [1.29, 1.82) is 0 Å². The molecule has 0 atom stereocenters. The number of nitrogens with one attached hydrogen (secondary N) is 2. The van der Waals surface area contributed by atoms with Crippen molar-refractivity contribution in [3.05, 3.63) is 144 Å². The zero-order valence-corrected chi connectivity index (χ0v) is 28.1. The summed E-state index contributed by atoms with van der Waals surface area (Å²) in [5, 5.41) is 27.9. The van der Waals surface area contributed by atoms with Crippen LogP contribution in [0.1, 0.15) is 27.7 Å². The number of fused-ring (bicyclic) bond motifs is 4. The van der Waals surface area contributed by atoms with Gasteiger partial charge in [0, 0.05) is 34.6 Å². The highest BCUT2D eigenvalue weighted by Gasteiger charge is 2.15. The zero-order valence-electron chi connectivity index (χ0n) is 28.1. The van der Waals surface area contributed by atoms with E-state index in [2.05, 4.69) is 20.6 Å². The molecule has 4 aromatic carbocycles. The number of para-hydroxylation sites is 4. The van der Waals surface area contributed by atoms with Crippen LogP contribution < -0.4 is 10.6 Å². The summed E-state index contributed by atoms with van der Waals surface area (Å²) in [6, 6.07) is 35.1. The van der Waals surface area contributed by atoms with Crippen LogP contribution in [0.4, 0.5) is 34.1 Å².